The van der Waals surface area contributed by atoms with Crippen LogP contribution < -0.4 is 11.5 Å². The van der Waals surface area contributed by atoms with E-state index in [1.807, 2.05) is 0 Å². The first-order valence-corrected chi connectivity index (χ1v) is 4.53. The van der Waals surface area contributed by atoms with E-state index < -0.39 is 0 Å². The minimum absolute atomic E-state index is 0.163. The van der Waals surface area contributed by atoms with Gasteiger partial charge in [0.1, 0.15) is 0 Å². The molecule has 1 aliphatic carbocycles. The van der Waals surface area contributed by atoms with Crippen LogP contribution in [0.4, 0.5) is 0 Å². The summed E-state index contributed by atoms with van der Waals surface area (Å²) in [5.74, 6) is 0. The Morgan fingerprint density at radius 2 is 1.18 bits per heavy atom. The first-order valence-electron chi connectivity index (χ1n) is 4.53. The smallest absolute Gasteiger partial charge is 0.0305 e. The molecule has 0 bridgehead atoms. The highest BCUT2D eigenvalue weighted by Gasteiger charge is 2.38. The van der Waals surface area contributed by atoms with E-state index in [4.69, 9.17) is 11.5 Å². The van der Waals surface area contributed by atoms with E-state index in [1.54, 1.807) is 0 Å². The van der Waals surface area contributed by atoms with Crippen LogP contribution in [0.25, 0.3) is 0 Å². The second kappa shape index (κ2) is 2.76. The van der Waals surface area contributed by atoms with Gasteiger partial charge in [-0.25, -0.2) is 0 Å². The molecule has 0 amide bonds. The molecule has 0 heterocycles. The third-order valence-corrected chi connectivity index (χ3v) is 3.20. The summed E-state index contributed by atoms with van der Waals surface area (Å²) >= 11 is 0. The fourth-order valence-electron chi connectivity index (χ4n) is 1.73. The van der Waals surface area contributed by atoms with Crippen molar-refractivity contribution in [3.63, 3.8) is 0 Å². The molecule has 4 N–H and O–H groups in total. The van der Waals surface area contributed by atoms with Crippen molar-refractivity contribution in [3.05, 3.63) is 0 Å². The van der Waals surface area contributed by atoms with Crippen molar-refractivity contribution in [2.75, 3.05) is 0 Å². The molecule has 0 aromatic rings. The maximum atomic E-state index is 6.13. The average molecular weight is 156 g/mol. The lowest BCUT2D eigenvalue weighted by Gasteiger charge is -2.39. The Kier molecular flexibility index (Phi) is 2.26. The lowest BCUT2D eigenvalue weighted by atomic mass is 9.77. The fourth-order valence-corrected chi connectivity index (χ4v) is 1.73. The minimum Gasteiger partial charge on any atom is -0.324 e. The van der Waals surface area contributed by atoms with E-state index in [2.05, 4.69) is 13.8 Å². The van der Waals surface area contributed by atoms with Crippen LogP contribution in [-0.4, -0.2) is 11.1 Å². The molecule has 2 heteroatoms. The number of hydrogen-bond acceptors (Lipinski definition) is 2. The van der Waals surface area contributed by atoms with Crippen molar-refractivity contribution in [1.29, 1.82) is 0 Å². The third kappa shape index (κ3) is 1.74. The van der Waals surface area contributed by atoms with Gasteiger partial charge in [-0.15, -0.1) is 0 Å². The summed E-state index contributed by atoms with van der Waals surface area (Å²) in [6.45, 7) is 4.16. The highest BCUT2D eigenvalue weighted by atomic mass is 14.9. The van der Waals surface area contributed by atoms with E-state index in [0.29, 0.717) is 0 Å². The molecule has 66 valence electrons. The predicted molar refractivity (Wildman–Crippen MR) is 48.3 cm³/mol. The zero-order valence-corrected chi connectivity index (χ0v) is 7.69. The normalized spacial score (nSPS) is 46.9. The lowest BCUT2D eigenvalue weighted by Crippen LogP contribution is -2.61. The number of rotatable bonds is 0. The van der Waals surface area contributed by atoms with E-state index in [1.165, 1.54) is 19.3 Å². The summed E-state index contributed by atoms with van der Waals surface area (Å²) in [7, 11) is 0. The topological polar surface area (TPSA) is 52.0 Å². The first-order chi connectivity index (χ1) is 4.96. The Labute approximate surface area is 69.3 Å². The Morgan fingerprint density at radius 3 is 1.55 bits per heavy atom. The summed E-state index contributed by atoms with van der Waals surface area (Å²) in [5, 5.41) is 0. The Balaban J connectivity index is 2.72. The van der Waals surface area contributed by atoms with Crippen molar-refractivity contribution in [2.24, 2.45) is 11.5 Å². The van der Waals surface area contributed by atoms with Crippen LogP contribution in [0.5, 0.6) is 0 Å². The Bertz CT molecular complexity index is 122. The zero-order chi connectivity index (χ0) is 8.54. The summed E-state index contributed by atoms with van der Waals surface area (Å²) in [6, 6.07) is 0. The molecule has 1 saturated carbocycles. The van der Waals surface area contributed by atoms with Gasteiger partial charge in [0.05, 0.1) is 0 Å². The first kappa shape index (κ1) is 9.01. The predicted octanol–water partition coefficient (Wildman–Crippen LogP) is 1.39. The maximum absolute atomic E-state index is 6.13. The van der Waals surface area contributed by atoms with Gasteiger partial charge in [0, 0.05) is 11.1 Å². The van der Waals surface area contributed by atoms with Gasteiger partial charge in [0.25, 0.3) is 0 Å². The second-order valence-electron chi connectivity index (χ2n) is 4.40. The second-order valence-corrected chi connectivity index (χ2v) is 4.40. The van der Waals surface area contributed by atoms with Crippen molar-refractivity contribution < 1.29 is 0 Å². The van der Waals surface area contributed by atoms with E-state index in [9.17, 15) is 0 Å². The number of hydrogen-bond donors (Lipinski definition) is 2. The van der Waals surface area contributed by atoms with Crippen LogP contribution in [-0.2, 0) is 0 Å². The summed E-state index contributed by atoms with van der Waals surface area (Å²) in [5.41, 5.74) is 11.9. The summed E-state index contributed by atoms with van der Waals surface area (Å²) < 4.78 is 0. The molecule has 0 radical (unpaired) electrons. The van der Waals surface area contributed by atoms with Gasteiger partial charge < -0.3 is 11.5 Å². The molecule has 2 atom stereocenters. The summed E-state index contributed by atoms with van der Waals surface area (Å²) in [4.78, 5) is 0. The van der Waals surface area contributed by atoms with Crippen LogP contribution in [0.15, 0.2) is 0 Å². The quantitative estimate of drug-likeness (QED) is 0.521. The van der Waals surface area contributed by atoms with Crippen molar-refractivity contribution >= 4 is 0 Å². The molecule has 0 aliphatic heterocycles. The molecular weight excluding hydrogens is 136 g/mol. The average Bonchev–Trinajstić information content (AvgIpc) is 1.94. The molecule has 11 heavy (non-hydrogen) atoms. The SMILES string of the molecule is CC1(N)CCCCCC1(C)N. The van der Waals surface area contributed by atoms with Crippen LogP contribution >= 0.6 is 0 Å². The fraction of sp³-hybridized carbons (Fsp3) is 1.00. The van der Waals surface area contributed by atoms with E-state index >= 15 is 0 Å². The van der Waals surface area contributed by atoms with E-state index in [0.717, 1.165) is 12.8 Å². The van der Waals surface area contributed by atoms with Gasteiger partial charge >= 0.3 is 0 Å². The molecule has 0 saturated heterocycles. The minimum atomic E-state index is -0.163. The Morgan fingerprint density at radius 1 is 0.818 bits per heavy atom. The standard InChI is InChI=1S/C9H20N2/c1-8(10)6-4-3-5-7-9(8,2)11/h3-7,10-11H2,1-2H3. The molecule has 2 nitrogen and oxygen atoms in total. The molecule has 1 rings (SSSR count). The lowest BCUT2D eigenvalue weighted by molar-refractivity contribution is 0.244. The van der Waals surface area contributed by atoms with Gasteiger partial charge in [-0.1, -0.05) is 19.3 Å². The van der Waals surface area contributed by atoms with Crippen LogP contribution in [0.2, 0.25) is 0 Å². The molecule has 0 aromatic heterocycles. The van der Waals surface area contributed by atoms with Crippen molar-refractivity contribution in [2.45, 2.75) is 57.0 Å². The molecule has 1 aliphatic rings. The van der Waals surface area contributed by atoms with Gasteiger partial charge in [-0.3, -0.25) is 0 Å². The molecule has 1 fully saturated rings. The van der Waals surface area contributed by atoms with Gasteiger partial charge in [-0.2, -0.15) is 0 Å². The third-order valence-electron chi connectivity index (χ3n) is 3.20. The zero-order valence-electron chi connectivity index (χ0n) is 7.69. The van der Waals surface area contributed by atoms with Crippen LogP contribution in [0, 0.1) is 0 Å². The molecule has 0 spiro atoms. The van der Waals surface area contributed by atoms with Gasteiger partial charge in [-0.05, 0) is 26.7 Å². The molecule has 0 aromatic carbocycles. The maximum Gasteiger partial charge on any atom is 0.0305 e. The number of nitrogens with two attached hydrogens (primary N) is 2. The van der Waals surface area contributed by atoms with Crippen molar-refractivity contribution in [3.8, 4) is 0 Å². The summed E-state index contributed by atoms with van der Waals surface area (Å²) in [6.07, 6.45) is 5.90. The van der Waals surface area contributed by atoms with Crippen LogP contribution in [0.3, 0.4) is 0 Å². The molecular formula is C9H20N2. The van der Waals surface area contributed by atoms with Gasteiger partial charge in [0.2, 0.25) is 0 Å². The Hall–Kier alpha value is -0.0800. The van der Waals surface area contributed by atoms with Gasteiger partial charge in [0.15, 0.2) is 0 Å². The van der Waals surface area contributed by atoms with Crippen LogP contribution in [0.1, 0.15) is 46.0 Å². The monoisotopic (exact) mass is 156 g/mol. The highest BCUT2D eigenvalue weighted by molar-refractivity contribution is 5.02. The van der Waals surface area contributed by atoms with E-state index in [-0.39, 0.29) is 11.1 Å². The highest BCUT2D eigenvalue weighted by Crippen LogP contribution is 2.31. The molecule has 2 unspecified atom stereocenters. The van der Waals surface area contributed by atoms with Crippen molar-refractivity contribution in [1.82, 2.24) is 0 Å². The largest absolute Gasteiger partial charge is 0.324 e.